The van der Waals surface area contributed by atoms with Crippen molar-refractivity contribution >= 4 is 23.7 Å². The third-order valence-corrected chi connectivity index (χ3v) is 5.08. The van der Waals surface area contributed by atoms with Gasteiger partial charge in [-0.05, 0) is 41.7 Å². The Bertz CT molecular complexity index is 523. The van der Waals surface area contributed by atoms with Crippen LogP contribution in [0, 0.1) is 5.41 Å². The Morgan fingerprint density at radius 2 is 2.00 bits per heavy atom. The summed E-state index contributed by atoms with van der Waals surface area (Å²) in [5, 5.41) is 0. The van der Waals surface area contributed by atoms with Crippen LogP contribution < -0.4 is 0 Å². The molecule has 0 N–H and O–H groups in total. The van der Waals surface area contributed by atoms with Gasteiger partial charge in [-0.3, -0.25) is 4.79 Å². The van der Waals surface area contributed by atoms with Crippen LogP contribution in [0.1, 0.15) is 35.2 Å². The van der Waals surface area contributed by atoms with Gasteiger partial charge in [0.15, 0.2) is 0 Å². The van der Waals surface area contributed by atoms with Crippen molar-refractivity contribution in [1.82, 2.24) is 0 Å². The smallest absolute Gasteiger partial charge is 0.337 e. The summed E-state index contributed by atoms with van der Waals surface area (Å²) in [5.74, 6) is 1.34. The first-order valence-electron chi connectivity index (χ1n) is 6.90. The third kappa shape index (κ3) is 4.49. The molecule has 0 aromatic heterocycles. The second-order valence-corrected chi connectivity index (χ2v) is 6.42. The molecule has 1 aromatic carbocycles. The Morgan fingerprint density at radius 1 is 1.24 bits per heavy atom. The van der Waals surface area contributed by atoms with Crippen LogP contribution in [0.4, 0.5) is 0 Å². The molecule has 1 aromatic rings. The zero-order valence-corrected chi connectivity index (χ0v) is 13.2. The highest BCUT2D eigenvalue weighted by Gasteiger charge is 2.44. The van der Waals surface area contributed by atoms with Crippen molar-refractivity contribution in [3.63, 3.8) is 0 Å². The maximum Gasteiger partial charge on any atom is 0.337 e. The first kappa shape index (κ1) is 15.9. The fraction of sp³-hybridized carbons (Fsp3) is 0.500. The van der Waals surface area contributed by atoms with Gasteiger partial charge < -0.3 is 9.47 Å². The monoisotopic (exact) mass is 308 g/mol. The molecule has 0 atom stereocenters. The van der Waals surface area contributed by atoms with Crippen molar-refractivity contribution in [2.24, 2.45) is 5.41 Å². The van der Waals surface area contributed by atoms with E-state index in [0.29, 0.717) is 12.0 Å². The highest BCUT2D eigenvalue weighted by Crippen LogP contribution is 2.51. The SMILES string of the molecule is COC(=O)CC1(CSCc2cccc(C(=O)OC)c2)CC1. The molecule has 2 rings (SSSR count). The molecule has 0 radical (unpaired) electrons. The standard InChI is InChI=1S/C16H20O4S/c1-19-14(17)9-16(6-7-16)11-21-10-12-4-3-5-13(8-12)15(18)20-2/h3-5,8H,6-7,9-11H2,1-2H3. The first-order chi connectivity index (χ1) is 10.1. The maximum absolute atomic E-state index is 11.5. The summed E-state index contributed by atoms with van der Waals surface area (Å²) < 4.78 is 9.46. The Labute approximate surface area is 129 Å². The van der Waals surface area contributed by atoms with Crippen molar-refractivity contribution in [2.75, 3.05) is 20.0 Å². The minimum absolute atomic E-state index is 0.124. The van der Waals surface area contributed by atoms with Crippen molar-refractivity contribution in [1.29, 1.82) is 0 Å². The Balaban J connectivity index is 1.84. The Kier molecular flexibility index (Phi) is 5.28. The topological polar surface area (TPSA) is 52.6 Å². The van der Waals surface area contributed by atoms with E-state index in [4.69, 9.17) is 9.47 Å². The van der Waals surface area contributed by atoms with Crippen LogP contribution in [-0.4, -0.2) is 31.9 Å². The van der Waals surface area contributed by atoms with Crippen molar-refractivity contribution in [3.8, 4) is 0 Å². The van der Waals surface area contributed by atoms with E-state index >= 15 is 0 Å². The largest absolute Gasteiger partial charge is 0.469 e. The normalized spacial score (nSPS) is 15.3. The zero-order chi connectivity index (χ0) is 15.3. The number of carbonyl (C=O) groups is 2. The minimum Gasteiger partial charge on any atom is -0.469 e. The van der Waals surface area contributed by atoms with Crippen molar-refractivity contribution in [3.05, 3.63) is 35.4 Å². The Morgan fingerprint density at radius 3 is 2.62 bits per heavy atom. The predicted octanol–water partition coefficient (Wildman–Crippen LogP) is 3.05. The lowest BCUT2D eigenvalue weighted by atomic mass is 10.1. The van der Waals surface area contributed by atoms with E-state index in [0.717, 1.165) is 29.9 Å². The molecule has 1 fully saturated rings. The molecule has 114 valence electrons. The number of thioether (sulfide) groups is 1. The molecule has 1 aliphatic rings. The van der Waals surface area contributed by atoms with Crippen LogP contribution in [0.5, 0.6) is 0 Å². The number of ether oxygens (including phenoxy) is 2. The molecule has 1 aliphatic carbocycles. The number of carbonyl (C=O) groups excluding carboxylic acids is 2. The maximum atomic E-state index is 11.5. The van der Waals surface area contributed by atoms with Gasteiger partial charge in [0.2, 0.25) is 0 Å². The summed E-state index contributed by atoms with van der Waals surface area (Å²) in [5.41, 5.74) is 1.81. The number of esters is 2. The van der Waals surface area contributed by atoms with Gasteiger partial charge in [-0.15, -0.1) is 0 Å². The van der Waals surface area contributed by atoms with Gasteiger partial charge in [0.1, 0.15) is 0 Å². The zero-order valence-electron chi connectivity index (χ0n) is 12.4. The average molecular weight is 308 g/mol. The van der Waals surface area contributed by atoms with Gasteiger partial charge >= 0.3 is 11.9 Å². The molecular formula is C16H20O4S. The van der Waals surface area contributed by atoms with E-state index in [1.54, 1.807) is 17.8 Å². The van der Waals surface area contributed by atoms with Gasteiger partial charge in [-0.2, -0.15) is 11.8 Å². The predicted molar refractivity (Wildman–Crippen MR) is 82.2 cm³/mol. The summed E-state index contributed by atoms with van der Waals surface area (Å²) in [6.07, 6.45) is 2.70. The van der Waals surface area contributed by atoms with E-state index in [-0.39, 0.29) is 17.4 Å². The van der Waals surface area contributed by atoms with E-state index in [9.17, 15) is 9.59 Å². The summed E-state index contributed by atoms with van der Waals surface area (Å²) >= 11 is 1.80. The van der Waals surface area contributed by atoms with Crippen LogP contribution in [0.3, 0.4) is 0 Å². The van der Waals surface area contributed by atoms with Gasteiger partial charge in [0.05, 0.1) is 26.2 Å². The molecule has 0 saturated heterocycles. The quantitative estimate of drug-likeness (QED) is 0.725. The number of methoxy groups -OCH3 is 2. The first-order valence-corrected chi connectivity index (χ1v) is 8.06. The number of rotatable bonds is 7. The second-order valence-electron chi connectivity index (χ2n) is 5.44. The lowest BCUT2D eigenvalue weighted by Gasteiger charge is -2.13. The Hall–Kier alpha value is -1.49. The molecule has 0 spiro atoms. The highest BCUT2D eigenvalue weighted by molar-refractivity contribution is 7.98. The van der Waals surface area contributed by atoms with Crippen molar-refractivity contribution < 1.29 is 19.1 Å². The molecule has 0 unspecified atom stereocenters. The second kappa shape index (κ2) is 6.98. The van der Waals surface area contributed by atoms with Crippen LogP contribution in [0.15, 0.2) is 24.3 Å². The number of hydrogen-bond donors (Lipinski definition) is 0. The fourth-order valence-electron chi connectivity index (χ4n) is 2.22. The molecule has 21 heavy (non-hydrogen) atoms. The molecule has 0 aliphatic heterocycles. The highest BCUT2D eigenvalue weighted by atomic mass is 32.2. The molecule has 0 amide bonds. The van der Waals surface area contributed by atoms with E-state index < -0.39 is 0 Å². The average Bonchev–Trinajstić information content (AvgIpc) is 3.26. The molecule has 0 bridgehead atoms. The van der Waals surface area contributed by atoms with Crippen LogP contribution in [0.25, 0.3) is 0 Å². The van der Waals surface area contributed by atoms with Crippen LogP contribution in [0.2, 0.25) is 0 Å². The van der Waals surface area contributed by atoms with Gasteiger partial charge in [-0.25, -0.2) is 4.79 Å². The number of benzene rings is 1. The molecule has 0 heterocycles. The van der Waals surface area contributed by atoms with Crippen LogP contribution in [-0.2, 0) is 20.0 Å². The summed E-state index contributed by atoms with van der Waals surface area (Å²) in [7, 11) is 2.82. The molecule has 5 heteroatoms. The van der Waals surface area contributed by atoms with Crippen molar-refractivity contribution in [2.45, 2.75) is 25.0 Å². The molecular weight excluding hydrogens is 288 g/mol. The third-order valence-electron chi connectivity index (χ3n) is 3.73. The fourth-order valence-corrected chi connectivity index (χ4v) is 3.56. The van der Waals surface area contributed by atoms with Crippen LogP contribution >= 0.6 is 11.8 Å². The molecule has 4 nitrogen and oxygen atoms in total. The summed E-state index contributed by atoms with van der Waals surface area (Å²) in [6.45, 7) is 0. The number of hydrogen-bond acceptors (Lipinski definition) is 5. The van der Waals surface area contributed by atoms with Gasteiger partial charge in [0, 0.05) is 5.75 Å². The lowest BCUT2D eigenvalue weighted by Crippen LogP contribution is -2.13. The van der Waals surface area contributed by atoms with E-state index in [1.165, 1.54) is 14.2 Å². The summed E-state index contributed by atoms with van der Waals surface area (Å²) in [4.78, 5) is 22.9. The van der Waals surface area contributed by atoms with E-state index in [1.807, 2.05) is 18.2 Å². The lowest BCUT2D eigenvalue weighted by molar-refractivity contribution is -0.141. The molecule has 1 saturated carbocycles. The van der Waals surface area contributed by atoms with E-state index in [2.05, 4.69) is 0 Å². The summed E-state index contributed by atoms with van der Waals surface area (Å²) in [6, 6.07) is 7.47. The minimum atomic E-state index is -0.314. The van der Waals surface area contributed by atoms with Gasteiger partial charge in [-0.1, -0.05) is 12.1 Å². The van der Waals surface area contributed by atoms with Gasteiger partial charge in [0.25, 0.3) is 0 Å².